The highest BCUT2D eigenvalue weighted by atomic mass is 32.2. The summed E-state index contributed by atoms with van der Waals surface area (Å²) in [7, 11) is -2.10. The number of carbonyl (C=O) groups is 2. The highest BCUT2D eigenvalue weighted by Crippen LogP contribution is 2.39. The molecule has 1 aliphatic rings. The molecule has 1 atom stereocenters. The zero-order chi connectivity index (χ0) is 25.8. The number of rotatable bonds is 10. The maximum Gasteiger partial charge on any atom is 0.295 e. The Morgan fingerprint density at radius 2 is 1.63 bits per heavy atom. The molecule has 8 nitrogen and oxygen atoms in total. The lowest BCUT2D eigenvalue weighted by Gasteiger charge is -2.25. The van der Waals surface area contributed by atoms with Gasteiger partial charge >= 0.3 is 0 Å². The van der Waals surface area contributed by atoms with Crippen molar-refractivity contribution in [3.63, 3.8) is 0 Å². The molecule has 1 saturated heterocycles. The van der Waals surface area contributed by atoms with Crippen LogP contribution in [0.3, 0.4) is 0 Å². The maximum absolute atomic E-state index is 13.1. The first-order valence-corrected chi connectivity index (χ1v) is 13.1. The Balaban J connectivity index is 2.07. The fourth-order valence-electron chi connectivity index (χ4n) is 4.24. The predicted octanol–water partition coefficient (Wildman–Crippen LogP) is 3.48. The van der Waals surface area contributed by atoms with Gasteiger partial charge in [0.25, 0.3) is 11.7 Å². The first kappa shape index (κ1) is 26.6. The van der Waals surface area contributed by atoms with Crippen molar-refractivity contribution in [1.29, 1.82) is 0 Å². The molecule has 35 heavy (non-hydrogen) atoms. The van der Waals surface area contributed by atoms with Gasteiger partial charge < -0.3 is 14.7 Å². The second kappa shape index (κ2) is 11.2. The minimum absolute atomic E-state index is 0.0179. The van der Waals surface area contributed by atoms with E-state index in [2.05, 4.69) is 0 Å². The summed E-state index contributed by atoms with van der Waals surface area (Å²) in [5.41, 5.74) is 1.97. The van der Waals surface area contributed by atoms with E-state index in [-0.39, 0.29) is 28.3 Å². The zero-order valence-corrected chi connectivity index (χ0v) is 21.3. The van der Waals surface area contributed by atoms with Crippen LogP contribution < -0.4 is 0 Å². The summed E-state index contributed by atoms with van der Waals surface area (Å²) in [6.45, 7) is 6.84. The van der Waals surface area contributed by atoms with E-state index < -0.39 is 27.8 Å². The van der Waals surface area contributed by atoms with Crippen LogP contribution in [0.2, 0.25) is 0 Å². The van der Waals surface area contributed by atoms with E-state index in [4.69, 9.17) is 4.74 Å². The number of aryl methyl sites for hydroxylation is 1. The Labute approximate surface area is 206 Å². The number of ether oxygens (including phenoxy) is 1. The van der Waals surface area contributed by atoms with Gasteiger partial charge in [-0.15, -0.1) is 0 Å². The largest absolute Gasteiger partial charge is 0.507 e. The summed E-state index contributed by atoms with van der Waals surface area (Å²) in [5, 5.41) is 11.2. The number of benzene rings is 2. The van der Waals surface area contributed by atoms with Gasteiger partial charge in [-0.05, 0) is 43.2 Å². The predicted molar refractivity (Wildman–Crippen MR) is 133 cm³/mol. The second-order valence-electron chi connectivity index (χ2n) is 8.36. The molecule has 0 saturated carbocycles. The molecule has 3 rings (SSSR count). The van der Waals surface area contributed by atoms with E-state index in [1.54, 1.807) is 21.0 Å². The van der Waals surface area contributed by atoms with Crippen molar-refractivity contribution in [2.24, 2.45) is 0 Å². The average molecular weight is 501 g/mol. The Morgan fingerprint density at radius 3 is 2.17 bits per heavy atom. The van der Waals surface area contributed by atoms with Gasteiger partial charge in [-0.25, -0.2) is 8.42 Å². The molecular formula is C26H32N2O6S. The summed E-state index contributed by atoms with van der Waals surface area (Å²) in [6, 6.07) is 12.4. The Bertz CT molecular complexity index is 1200. The smallest absolute Gasteiger partial charge is 0.295 e. The van der Waals surface area contributed by atoms with Crippen molar-refractivity contribution >= 4 is 27.5 Å². The average Bonchev–Trinajstić information content (AvgIpc) is 3.10. The number of carbonyl (C=O) groups excluding carboxylic acids is 2. The third-order valence-corrected chi connectivity index (χ3v) is 8.22. The zero-order valence-electron chi connectivity index (χ0n) is 20.5. The second-order valence-corrected chi connectivity index (χ2v) is 10.3. The van der Waals surface area contributed by atoms with Crippen molar-refractivity contribution < 1.29 is 27.9 Å². The van der Waals surface area contributed by atoms with E-state index in [1.165, 1.54) is 33.5 Å². The lowest BCUT2D eigenvalue weighted by molar-refractivity contribution is -0.140. The third-order valence-electron chi connectivity index (χ3n) is 6.15. The minimum atomic E-state index is -3.67. The molecule has 9 heteroatoms. The van der Waals surface area contributed by atoms with E-state index in [9.17, 15) is 23.1 Å². The molecular weight excluding hydrogens is 468 g/mol. The van der Waals surface area contributed by atoms with E-state index in [1.807, 2.05) is 31.2 Å². The van der Waals surface area contributed by atoms with Crippen LogP contribution in [0.1, 0.15) is 43.0 Å². The van der Waals surface area contributed by atoms with Gasteiger partial charge in [0.05, 0.1) is 16.5 Å². The minimum Gasteiger partial charge on any atom is -0.507 e. The van der Waals surface area contributed by atoms with Crippen molar-refractivity contribution in [2.75, 3.05) is 33.4 Å². The summed E-state index contributed by atoms with van der Waals surface area (Å²) in [6.07, 6.45) is 0.532. The van der Waals surface area contributed by atoms with E-state index in [0.29, 0.717) is 31.7 Å². The number of likely N-dealkylation sites (tertiary alicyclic amines) is 1. The van der Waals surface area contributed by atoms with Crippen LogP contribution in [-0.4, -0.2) is 67.8 Å². The summed E-state index contributed by atoms with van der Waals surface area (Å²) in [4.78, 5) is 27.5. The first-order chi connectivity index (χ1) is 16.7. The highest BCUT2D eigenvalue weighted by Gasteiger charge is 2.45. The quantitative estimate of drug-likeness (QED) is 0.232. The SMILES string of the molecule is CCN(CC)S(=O)(=O)c1ccc(C(O)=C2C(=O)C(=O)N(CCCOC)[C@@H]2c2ccc(C)cc2)cc1. The van der Waals surface area contributed by atoms with Gasteiger partial charge in [0.2, 0.25) is 10.0 Å². The van der Waals surface area contributed by atoms with Gasteiger partial charge in [0.1, 0.15) is 5.76 Å². The topological polar surface area (TPSA) is 104 Å². The normalized spacial score (nSPS) is 18.0. The number of Topliss-reactive ketones (excluding diaryl/α,β-unsaturated/α-hetero) is 1. The molecule has 0 spiro atoms. The molecule has 1 N–H and O–H groups in total. The molecule has 1 amide bonds. The molecule has 1 heterocycles. The number of aliphatic hydroxyl groups excluding tert-OH is 1. The molecule has 0 radical (unpaired) electrons. The standard InChI is InChI=1S/C26H32N2O6S/c1-5-27(6-2)35(32,33)21-14-12-20(13-15-21)24(29)22-23(19-10-8-18(3)9-11-19)28(16-7-17-34-4)26(31)25(22)30/h8-15,23,29H,5-7,16-17H2,1-4H3/t23-/m1/s1. The van der Waals surface area contributed by atoms with Crippen LogP contribution in [0.15, 0.2) is 59.0 Å². The summed E-state index contributed by atoms with van der Waals surface area (Å²) >= 11 is 0. The van der Waals surface area contributed by atoms with Crippen LogP contribution in [0, 0.1) is 6.92 Å². The molecule has 0 bridgehead atoms. The fraction of sp³-hybridized carbons (Fsp3) is 0.385. The maximum atomic E-state index is 13.1. The van der Waals surface area contributed by atoms with Crippen LogP contribution in [0.4, 0.5) is 0 Å². The van der Waals surface area contributed by atoms with Crippen LogP contribution in [-0.2, 0) is 24.3 Å². The molecule has 1 aliphatic heterocycles. The van der Waals surface area contributed by atoms with Crippen molar-refractivity contribution in [3.8, 4) is 0 Å². The number of aliphatic hydroxyl groups is 1. The van der Waals surface area contributed by atoms with E-state index in [0.717, 1.165) is 5.56 Å². The molecule has 2 aromatic carbocycles. The molecule has 0 aliphatic carbocycles. The number of nitrogens with zero attached hydrogens (tertiary/aromatic N) is 2. The molecule has 1 fully saturated rings. The van der Waals surface area contributed by atoms with Crippen LogP contribution in [0.25, 0.3) is 5.76 Å². The number of sulfonamides is 1. The Kier molecular flexibility index (Phi) is 8.47. The molecule has 0 aromatic heterocycles. The Hall–Kier alpha value is -3.01. The van der Waals surface area contributed by atoms with Gasteiger partial charge in [0, 0.05) is 38.9 Å². The van der Waals surface area contributed by atoms with Crippen LogP contribution in [0.5, 0.6) is 0 Å². The van der Waals surface area contributed by atoms with Gasteiger partial charge in [0.15, 0.2) is 0 Å². The fourth-order valence-corrected chi connectivity index (χ4v) is 5.70. The lowest BCUT2D eigenvalue weighted by Crippen LogP contribution is -2.31. The Morgan fingerprint density at radius 1 is 1.03 bits per heavy atom. The number of ketones is 1. The van der Waals surface area contributed by atoms with Gasteiger partial charge in [-0.2, -0.15) is 4.31 Å². The third kappa shape index (κ3) is 5.32. The van der Waals surface area contributed by atoms with Crippen molar-refractivity contribution in [3.05, 3.63) is 70.8 Å². The number of hydrogen-bond donors (Lipinski definition) is 1. The van der Waals surface area contributed by atoms with E-state index >= 15 is 0 Å². The van der Waals surface area contributed by atoms with Crippen molar-refractivity contribution in [1.82, 2.24) is 9.21 Å². The lowest BCUT2D eigenvalue weighted by atomic mass is 9.94. The van der Waals surface area contributed by atoms with Gasteiger partial charge in [-0.1, -0.05) is 43.7 Å². The molecule has 2 aromatic rings. The first-order valence-electron chi connectivity index (χ1n) is 11.6. The summed E-state index contributed by atoms with van der Waals surface area (Å²) in [5.74, 6) is -1.80. The van der Waals surface area contributed by atoms with Crippen LogP contribution >= 0.6 is 0 Å². The van der Waals surface area contributed by atoms with Crippen molar-refractivity contribution in [2.45, 2.75) is 38.1 Å². The monoisotopic (exact) mass is 500 g/mol. The summed E-state index contributed by atoms with van der Waals surface area (Å²) < 4.78 is 32.0. The number of amides is 1. The molecule has 0 unspecified atom stereocenters. The highest BCUT2D eigenvalue weighted by molar-refractivity contribution is 7.89. The number of methoxy groups -OCH3 is 1. The number of hydrogen-bond acceptors (Lipinski definition) is 6. The van der Waals surface area contributed by atoms with Gasteiger partial charge in [-0.3, -0.25) is 9.59 Å². The molecule has 188 valence electrons.